The van der Waals surface area contributed by atoms with Gasteiger partial charge < -0.3 is 5.73 Å². The number of aromatic nitrogens is 1. The maximum Gasteiger partial charge on any atom is 0.0433 e. The Labute approximate surface area is 108 Å². The summed E-state index contributed by atoms with van der Waals surface area (Å²) in [6.07, 6.45) is 8.56. The van der Waals surface area contributed by atoms with E-state index < -0.39 is 0 Å². The summed E-state index contributed by atoms with van der Waals surface area (Å²) in [7, 11) is 0. The molecule has 0 aliphatic heterocycles. The number of nitrogens with two attached hydrogens (primary N) is 1. The summed E-state index contributed by atoms with van der Waals surface area (Å²) in [6.45, 7) is 2.26. The fraction of sp³-hybridized carbons (Fsp3) is 0.438. The van der Waals surface area contributed by atoms with Gasteiger partial charge in [0.1, 0.15) is 0 Å². The van der Waals surface area contributed by atoms with Gasteiger partial charge in [-0.2, -0.15) is 0 Å². The first kappa shape index (κ1) is 11.7. The van der Waals surface area contributed by atoms with E-state index in [0.29, 0.717) is 0 Å². The van der Waals surface area contributed by atoms with Crippen molar-refractivity contribution in [2.75, 3.05) is 0 Å². The van der Waals surface area contributed by atoms with E-state index in [4.69, 9.17) is 5.73 Å². The Morgan fingerprint density at radius 2 is 2.17 bits per heavy atom. The summed E-state index contributed by atoms with van der Waals surface area (Å²) in [5, 5.41) is 2.46. The van der Waals surface area contributed by atoms with Crippen LogP contribution in [0.5, 0.6) is 0 Å². The summed E-state index contributed by atoms with van der Waals surface area (Å²) in [6, 6.07) is 8.42. The highest BCUT2D eigenvalue weighted by Gasteiger charge is 2.37. The molecule has 0 bridgehead atoms. The number of hydrogen-bond acceptors (Lipinski definition) is 2. The van der Waals surface area contributed by atoms with E-state index in [1.807, 2.05) is 12.4 Å². The van der Waals surface area contributed by atoms with Crippen LogP contribution in [0.2, 0.25) is 0 Å². The lowest BCUT2D eigenvalue weighted by molar-refractivity contribution is 0.426. The third kappa shape index (κ3) is 1.81. The summed E-state index contributed by atoms with van der Waals surface area (Å²) < 4.78 is 0. The van der Waals surface area contributed by atoms with Crippen molar-refractivity contribution in [2.45, 2.75) is 38.1 Å². The Balaban J connectivity index is 2.09. The summed E-state index contributed by atoms with van der Waals surface area (Å²) >= 11 is 0. The minimum Gasteiger partial charge on any atom is -0.321 e. The Kier molecular flexibility index (Phi) is 2.83. The lowest BCUT2D eigenvalue weighted by Crippen LogP contribution is -2.34. The van der Waals surface area contributed by atoms with E-state index in [0.717, 1.165) is 18.8 Å². The molecule has 2 heteroatoms. The molecule has 1 aromatic heterocycles. The second-order valence-electron chi connectivity index (χ2n) is 5.58. The molecule has 18 heavy (non-hydrogen) atoms. The number of benzene rings is 1. The normalized spacial score (nSPS) is 27.8. The van der Waals surface area contributed by atoms with Crippen LogP contribution in [0.1, 0.15) is 38.2 Å². The molecular weight excluding hydrogens is 220 g/mol. The fourth-order valence-electron chi connectivity index (χ4n) is 3.29. The lowest BCUT2D eigenvalue weighted by Gasteiger charge is -2.26. The zero-order valence-corrected chi connectivity index (χ0v) is 10.9. The van der Waals surface area contributed by atoms with E-state index in [-0.39, 0.29) is 5.54 Å². The molecule has 0 amide bonds. The Morgan fingerprint density at radius 3 is 2.94 bits per heavy atom. The molecule has 0 saturated heterocycles. The van der Waals surface area contributed by atoms with Crippen molar-refractivity contribution in [3.8, 4) is 0 Å². The van der Waals surface area contributed by atoms with Crippen LogP contribution in [0, 0.1) is 5.92 Å². The number of nitrogens with zero attached hydrogens (tertiary/aromatic N) is 1. The van der Waals surface area contributed by atoms with Gasteiger partial charge in [0.25, 0.3) is 0 Å². The van der Waals surface area contributed by atoms with Gasteiger partial charge in [-0.05, 0) is 36.1 Å². The van der Waals surface area contributed by atoms with Gasteiger partial charge in [0, 0.05) is 23.3 Å². The minimum atomic E-state index is -0.172. The van der Waals surface area contributed by atoms with Crippen LogP contribution in [0.25, 0.3) is 10.8 Å². The molecule has 0 spiro atoms. The van der Waals surface area contributed by atoms with Crippen molar-refractivity contribution in [1.29, 1.82) is 0 Å². The summed E-state index contributed by atoms with van der Waals surface area (Å²) in [5.74, 6) is 0.772. The van der Waals surface area contributed by atoms with Crippen LogP contribution in [0.15, 0.2) is 36.7 Å². The van der Waals surface area contributed by atoms with Crippen molar-refractivity contribution in [2.24, 2.45) is 11.7 Å². The largest absolute Gasteiger partial charge is 0.321 e. The second kappa shape index (κ2) is 4.36. The van der Waals surface area contributed by atoms with Crippen molar-refractivity contribution < 1.29 is 0 Å². The Bertz CT molecular complexity index is 559. The number of pyridine rings is 1. The van der Waals surface area contributed by atoms with Crippen LogP contribution < -0.4 is 5.73 Å². The first-order valence-corrected chi connectivity index (χ1v) is 6.85. The topological polar surface area (TPSA) is 38.9 Å². The molecule has 1 heterocycles. The minimum absolute atomic E-state index is 0.172. The first-order chi connectivity index (χ1) is 8.73. The highest BCUT2D eigenvalue weighted by molar-refractivity contribution is 5.85. The first-order valence-electron chi connectivity index (χ1n) is 6.85. The van der Waals surface area contributed by atoms with Crippen molar-refractivity contribution in [3.05, 3.63) is 42.2 Å². The SMILES string of the molecule is CCC1CCC(N)(c2cncc3ccccc23)C1. The van der Waals surface area contributed by atoms with Gasteiger partial charge in [0.15, 0.2) is 0 Å². The standard InChI is InChI=1S/C16H20N2/c1-2-12-7-8-16(17,9-12)15-11-18-10-13-5-3-4-6-14(13)15/h3-6,10-12H,2,7-9,17H2,1H3. The molecule has 0 radical (unpaired) electrons. The monoisotopic (exact) mass is 240 g/mol. The van der Waals surface area contributed by atoms with Crippen molar-refractivity contribution >= 4 is 10.8 Å². The molecule has 1 saturated carbocycles. The maximum atomic E-state index is 6.67. The molecule has 2 aromatic rings. The maximum absolute atomic E-state index is 6.67. The zero-order chi connectivity index (χ0) is 12.6. The quantitative estimate of drug-likeness (QED) is 0.871. The predicted octanol–water partition coefficient (Wildman–Crippen LogP) is 3.60. The Morgan fingerprint density at radius 1 is 1.33 bits per heavy atom. The molecule has 94 valence electrons. The van der Waals surface area contributed by atoms with Gasteiger partial charge in [-0.1, -0.05) is 37.6 Å². The summed E-state index contributed by atoms with van der Waals surface area (Å²) in [5.41, 5.74) is 7.73. The van der Waals surface area contributed by atoms with Crippen LogP contribution in [-0.4, -0.2) is 4.98 Å². The fourth-order valence-corrected chi connectivity index (χ4v) is 3.29. The molecule has 1 aromatic carbocycles. The molecule has 2 unspecified atom stereocenters. The second-order valence-corrected chi connectivity index (χ2v) is 5.58. The molecule has 2 atom stereocenters. The van der Waals surface area contributed by atoms with Gasteiger partial charge in [0.2, 0.25) is 0 Å². The van der Waals surface area contributed by atoms with Gasteiger partial charge in [0.05, 0.1) is 0 Å². The zero-order valence-electron chi connectivity index (χ0n) is 10.9. The van der Waals surface area contributed by atoms with E-state index >= 15 is 0 Å². The highest BCUT2D eigenvalue weighted by atomic mass is 14.8. The van der Waals surface area contributed by atoms with Crippen molar-refractivity contribution in [1.82, 2.24) is 4.98 Å². The van der Waals surface area contributed by atoms with Crippen LogP contribution in [0.3, 0.4) is 0 Å². The van der Waals surface area contributed by atoms with Gasteiger partial charge >= 0.3 is 0 Å². The number of rotatable bonds is 2. The molecule has 1 aliphatic rings. The number of fused-ring (bicyclic) bond motifs is 1. The lowest BCUT2D eigenvalue weighted by atomic mass is 9.86. The molecule has 1 fully saturated rings. The van der Waals surface area contributed by atoms with Crippen LogP contribution in [-0.2, 0) is 5.54 Å². The average molecular weight is 240 g/mol. The van der Waals surface area contributed by atoms with E-state index in [1.165, 1.54) is 29.2 Å². The molecule has 2 nitrogen and oxygen atoms in total. The third-order valence-electron chi connectivity index (χ3n) is 4.43. The average Bonchev–Trinajstić information content (AvgIpc) is 2.81. The van der Waals surface area contributed by atoms with Crippen LogP contribution in [0.4, 0.5) is 0 Å². The van der Waals surface area contributed by atoms with E-state index in [9.17, 15) is 0 Å². The predicted molar refractivity (Wildman–Crippen MR) is 75.2 cm³/mol. The molecule has 1 aliphatic carbocycles. The van der Waals surface area contributed by atoms with Gasteiger partial charge in [-0.15, -0.1) is 0 Å². The molecule has 3 rings (SSSR count). The highest BCUT2D eigenvalue weighted by Crippen LogP contribution is 2.43. The van der Waals surface area contributed by atoms with Gasteiger partial charge in [-0.25, -0.2) is 0 Å². The molecule has 2 N–H and O–H groups in total. The third-order valence-corrected chi connectivity index (χ3v) is 4.43. The van der Waals surface area contributed by atoms with Gasteiger partial charge in [-0.3, -0.25) is 4.98 Å². The van der Waals surface area contributed by atoms with Crippen molar-refractivity contribution in [3.63, 3.8) is 0 Å². The molecular formula is C16H20N2. The van der Waals surface area contributed by atoms with E-state index in [1.54, 1.807) is 0 Å². The Hall–Kier alpha value is -1.41. The summed E-state index contributed by atoms with van der Waals surface area (Å²) in [4.78, 5) is 4.37. The number of hydrogen-bond donors (Lipinski definition) is 1. The van der Waals surface area contributed by atoms with Crippen LogP contribution >= 0.6 is 0 Å². The smallest absolute Gasteiger partial charge is 0.0433 e. The van der Waals surface area contributed by atoms with E-state index in [2.05, 4.69) is 36.2 Å².